The van der Waals surface area contributed by atoms with Gasteiger partial charge in [0.1, 0.15) is 0 Å². The Bertz CT molecular complexity index is 3360. The van der Waals surface area contributed by atoms with Crippen molar-refractivity contribution in [2.24, 2.45) is 0 Å². The van der Waals surface area contributed by atoms with Gasteiger partial charge >= 0.3 is 0 Å². The summed E-state index contributed by atoms with van der Waals surface area (Å²) in [6.45, 7) is 0. The van der Waals surface area contributed by atoms with Gasteiger partial charge in [0.25, 0.3) is 0 Å². The van der Waals surface area contributed by atoms with Crippen molar-refractivity contribution in [3.63, 3.8) is 0 Å². The van der Waals surface area contributed by atoms with Gasteiger partial charge in [0, 0.05) is 44.9 Å². The van der Waals surface area contributed by atoms with Crippen molar-refractivity contribution < 1.29 is 0 Å². The SMILES string of the molecule is c1ccc(N(c2ccccc2)c2ccc(N(c3ccccc3)c3ccc(-c4ccc(C5(c6ccccc6)c6ccccc6-n6c7ccccc7c7cccc5c76)cc4)cc3)cc2)cc1. The highest BCUT2D eigenvalue weighted by atomic mass is 15.2. The topological polar surface area (TPSA) is 11.4 Å². The number of para-hydroxylation sites is 6. The number of aromatic nitrogens is 1. The van der Waals surface area contributed by atoms with Crippen LogP contribution in [0.3, 0.4) is 0 Å². The maximum Gasteiger partial charge on any atom is 0.0742 e. The van der Waals surface area contributed by atoms with Gasteiger partial charge in [-0.05, 0) is 118 Å². The Morgan fingerprint density at radius 3 is 1.23 bits per heavy atom. The Morgan fingerprint density at radius 2 is 0.672 bits per heavy atom. The Kier molecular flexibility index (Phi) is 9.05. The molecule has 1 atom stereocenters. The van der Waals surface area contributed by atoms with Crippen LogP contribution in [0.5, 0.6) is 0 Å². The number of hydrogen-bond donors (Lipinski definition) is 0. The molecule has 0 saturated carbocycles. The van der Waals surface area contributed by atoms with E-state index in [2.05, 4.69) is 275 Å². The van der Waals surface area contributed by atoms with Crippen LogP contribution < -0.4 is 9.80 Å². The van der Waals surface area contributed by atoms with Gasteiger partial charge in [0.15, 0.2) is 0 Å². The van der Waals surface area contributed by atoms with E-state index in [0.29, 0.717) is 0 Å². The summed E-state index contributed by atoms with van der Waals surface area (Å²) < 4.78 is 2.49. The molecule has 1 unspecified atom stereocenters. The van der Waals surface area contributed by atoms with E-state index in [-0.39, 0.29) is 0 Å². The van der Waals surface area contributed by atoms with Crippen molar-refractivity contribution in [2.45, 2.75) is 5.41 Å². The van der Waals surface area contributed by atoms with Crippen LogP contribution in [0.4, 0.5) is 34.1 Å². The minimum absolute atomic E-state index is 0.533. The van der Waals surface area contributed by atoms with Crippen LogP contribution in [0, 0.1) is 0 Å². The zero-order valence-corrected chi connectivity index (χ0v) is 35.2. The van der Waals surface area contributed by atoms with Gasteiger partial charge in [0.05, 0.1) is 22.1 Å². The van der Waals surface area contributed by atoms with Crippen LogP contribution in [0.25, 0.3) is 38.6 Å². The van der Waals surface area contributed by atoms with Crippen molar-refractivity contribution in [3.05, 3.63) is 283 Å². The van der Waals surface area contributed by atoms with Gasteiger partial charge in [-0.1, -0.05) is 176 Å². The van der Waals surface area contributed by atoms with Crippen LogP contribution in [0.15, 0.2) is 261 Å². The number of fused-ring (bicyclic) bond motifs is 5. The summed E-state index contributed by atoms with van der Waals surface area (Å²) in [6.07, 6.45) is 0. The molecule has 0 bridgehead atoms. The molecule has 0 radical (unpaired) electrons. The van der Waals surface area contributed by atoms with Crippen molar-refractivity contribution in [2.75, 3.05) is 9.80 Å². The Morgan fingerprint density at radius 1 is 0.281 bits per heavy atom. The molecule has 11 aromatic rings. The molecular formula is C61H43N3. The second-order valence-electron chi connectivity index (χ2n) is 16.5. The molecule has 0 amide bonds. The van der Waals surface area contributed by atoms with E-state index >= 15 is 0 Å². The number of nitrogens with zero attached hydrogens (tertiary/aromatic N) is 3. The van der Waals surface area contributed by atoms with Gasteiger partial charge in [-0.15, -0.1) is 0 Å². The monoisotopic (exact) mass is 817 g/mol. The van der Waals surface area contributed by atoms with Gasteiger partial charge in [-0.25, -0.2) is 0 Å². The first kappa shape index (κ1) is 37.4. The van der Waals surface area contributed by atoms with Crippen molar-refractivity contribution in [1.82, 2.24) is 4.57 Å². The number of hydrogen-bond acceptors (Lipinski definition) is 2. The van der Waals surface area contributed by atoms with Crippen molar-refractivity contribution in [1.29, 1.82) is 0 Å². The van der Waals surface area contributed by atoms with Crippen molar-refractivity contribution >= 4 is 55.9 Å². The molecule has 64 heavy (non-hydrogen) atoms. The van der Waals surface area contributed by atoms with E-state index in [0.717, 1.165) is 34.1 Å². The second kappa shape index (κ2) is 15.5. The fourth-order valence-corrected chi connectivity index (χ4v) is 10.3. The van der Waals surface area contributed by atoms with Crippen LogP contribution >= 0.6 is 0 Å². The fourth-order valence-electron chi connectivity index (χ4n) is 10.3. The first-order valence-electron chi connectivity index (χ1n) is 22.0. The van der Waals surface area contributed by atoms with E-state index in [1.807, 2.05) is 0 Å². The molecule has 0 spiro atoms. The lowest BCUT2D eigenvalue weighted by Gasteiger charge is -2.41. The summed E-state index contributed by atoms with van der Waals surface area (Å²) in [7, 11) is 0. The van der Waals surface area contributed by atoms with Crippen molar-refractivity contribution in [3.8, 4) is 16.8 Å². The largest absolute Gasteiger partial charge is 0.311 e. The summed E-state index contributed by atoms with van der Waals surface area (Å²) in [5.41, 5.74) is 17.2. The van der Waals surface area contributed by atoms with Crippen LogP contribution in [0.2, 0.25) is 0 Å². The molecule has 12 rings (SSSR count). The summed E-state index contributed by atoms with van der Waals surface area (Å²) >= 11 is 0. The average molecular weight is 818 g/mol. The van der Waals surface area contributed by atoms with Gasteiger partial charge in [-0.2, -0.15) is 0 Å². The summed E-state index contributed by atoms with van der Waals surface area (Å²) in [5.74, 6) is 0. The van der Waals surface area contributed by atoms with Gasteiger partial charge in [-0.3, -0.25) is 0 Å². The number of rotatable bonds is 9. The molecule has 1 aliphatic rings. The zero-order valence-electron chi connectivity index (χ0n) is 35.2. The number of benzene rings is 10. The molecule has 3 nitrogen and oxygen atoms in total. The second-order valence-corrected chi connectivity index (χ2v) is 16.5. The van der Waals surface area contributed by atoms with Crippen LogP contribution in [0.1, 0.15) is 22.3 Å². The third kappa shape index (κ3) is 5.97. The third-order valence-corrected chi connectivity index (χ3v) is 13.0. The molecule has 10 aromatic carbocycles. The van der Waals surface area contributed by atoms with Gasteiger partial charge in [0.2, 0.25) is 0 Å². The molecule has 3 heteroatoms. The minimum Gasteiger partial charge on any atom is -0.311 e. The first-order chi connectivity index (χ1) is 31.8. The lowest BCUT2D eigenvalue weighted by molar-refractivity contribution is 0.728. The molecule has 1 aliphatic heterocycles. The van der Waals surface area contributed by atoms with E-state index in [9.17, 15) is 0 Å². The summed E-state index contributed by atoms with van der Waals surface area (Å²) in [5, 5.41) is 2.55. The molecule has 2 heterocycles. The Balaban J connectivity index is 0.930. The molecule has 0 aliphatic carbocycles. The highest BCUT2D eigenvalue weighted by Crippen LogP contribution is 2.54. The molecular weight excluding hydrogens is 775 g/mol. The summed E-state index contributed by atoms with van der Waals surface area (Å²) in [6, 6.07) is 94.7. The lowest BCUT2D eigenvalue weighted by atomic mass is 9.63. The highest BCUT2D eigenvalue weighted by Gasteiger charge is 2.45. The predicted octanol–water partition coefficient (Wildman–Crippen LogP) is 16.1. The maximum absolute atomic E-state index is 2.49. The highest BCUT2D eigenvalue weighted by molar-refractivity contribution is 6.12. The lowest BCUT2D eigenvalue weighted by Crippen LogP contribution is -2.35. The third-order valence-electron chi connectivity index (χ3n) is 13.0. The van der Waals surface area contributed by atoms with Crippen LogP contribution in [-0.4, -0.2) is 4.57 Å². The van der Waals surface area contributed by atoms with E-state index in [1.54, 1.807) is 0 Å². The molecule has 0 fully saturated rings. The molecule has 0 N–H and O–H groups in total. The van der Waals surface area contributed by atoms with E-state index < -0.39 is 5.41 Å². The quantitative estimate of drug-likeness (QED) is 0.144. The average Bonchev–Trinajstić information content (AvgIpc) is 3.72. The molecule has 1 aromatic heterocycles. The van der Waals surface area contributed by atoms with E-state index in [4.69, 9.17) is 0 Å². The normalized spacial score (nSPS) is 14.0. The Labute approximate surface area is 374 Å². The smallest absolute Gasteiger partial charge is 0.0742 e. The maximum atomic E-state index is 2.49. The minimum atomic E-state index is -0.533. The zero-order chi connectivity index (χ0) is 42.5. The first-order valence-corrected chi connectivity index (χ1v) is 22.0. The number of anilines is 6. The summed E-state index contributed by atoms with van der Waals surface area (Å²) in [4.78, 5) is 4.63. The standard InChI is InChI=1S/C61H43N3/c1-5-18-46(19-6-1)61(56-28-14-16-31-59(56)64-58-30-15-13-26-54(58)55-27-17-29-57(61)60(55)64)47-36-32-44(33-37-47)45-34-38-51(39-35-45)63(50-24-11-4-12-25-50)53-42-40-52(41-43-53)62(48-20-7-2-8-21-48)49-22-9-3-10-23-49/h1-43H. The van der Waals surface area contributed by atoms with E-state index in [1.165, 1.54) is 60.9 Å². The molecule has 0 saturated heterocycles. The van der Waals surface area contributed by atoms with Gasteiger partial charge < -0.3 is 14.4 Å². The Hall–Kier alpha value is -8.40. The predicted molar refractivity (Wildman–Crippen MR) is 267 cm³/mol. The molecule has 302 valence electrons. The van der Waals surface area contributed by atoms with Crippen LogP contribution in [-0.2, 0) is 5.41 Å². The fraction of sp³-hybridized carbons (Fsp3) is 0.0164.